The van der Waals surface area contributed by atoms with Crippen molar-refractivity contribution in [1.29, 1.82) is 0 Å². The maximum absolute atomic E-state index is 12.0. The van der Waals surface area contributed by atoms with Crippen LogP contribution in [-0.4, -0.2) is 32.0 Å². The first kappa shape index (κ1) is 21.0. The van der Waals surface area contributed by atoms with E-state index < -0.39 is 4.92 Å². The van der Waals surface area contributed by atoms with Gasteiger partial charge >= 0.3 is 5.69 Å². The van der Waals surface area contributed by atoms with Crippen LogP contribution in [0.4, 0.5) is 23.0 Å². The van der Waals surface area contributed by atoms with Crippen LogP contribution in [0.2, 0.25) is 0 Å². The average molecular weight is 421 g/mol. The molecule has 1 aliphatic heterocycles. The minimum absolute atomic E-state index is 0.0465. The largest absolute Gasteiger partial charge is 0.361 e. The van der Waals surface area contributed by atoms with Gasteiger partial charge in [-0.2, -0.15) is 0 Å². The zero-order valence-corrected chi connectivity index (χ0v) is 18.3. The van der Waals surface area contributed by atoms with Gasteiger partial charge in [0.1, 0.15) is 6.33 Å². The number of hydrogen-bond acceptors (Lipinski definition) is 7. The molecule has 162 valence electrons. The predicted octanol–water partition coefficient (Wildman–Crippen LogP) is 5.00. The van der Waals surface area contributed by atoms with Gasteiger partial charge in [-0.3, -0.25) is 10.1 Å². The maximum Gasteiger partial charge on any atom is 0.353 e. The molecule has 31 heavy (non-hydrogen) atoms. The Hall–Kier alpha value is -3.26. The van der Waals surface area contributed by atoms with E-state index >= 15 is 0 Å². The Morgan fingerprint density at radius 2 is 1.65 bits per heavy atom. The molecule has 1 aromatic heterocycles. The highest BCUT2D eigenvalue weighted by Crippen LogP contribution is 2.36. The molecule has 1 aliphatic rings. The quantitative estimate of drug-likeness (QED) is 0.394. The monoisotopic (exact) mass is 420 g/mol. The summed E-state index contributed by atoms with van der Waals surface area (Å²) in [6.07, 6.45) is 3.01. The zero-order valence-electron chi connectivity index (χ0n) is 18.3. The molecule has 0 amide bonds. The van der Waals surface area contributed by atoms with E-state index in [9.17, 15) is 10.1 Å². The van der Waals surface area contributed by atoms with Crippen molar-refractivity contribution in [3.63, 3.8) is 0 Å². The predicted molar refractivity (Wildman–Crippen MR) is 124 cm³/mol. The van der Waals surface area contributed by atoms with Crippen molar-refractivity contribution >= 4 is 33.8 Å². The zero-order chi connectivity index (χ0) is 22.2. The lowest BCUT2D eigenvalue weighted by Crippen LogP contribution is -2.60. The van der Waals surface area contributed by atoms with Crippen LogP contribution in [-0.2, 0) is 0 Å². The van der Waals surface area contributed by atoms with Gasteiger partial charge in [-0.15, -0.1) is 0 Å². The van der Waals surface area contributed by atoms with E-state index in [2.05, 4.69) is 53.6 Å². The third kappa shape index (κ3) is 4.59. The third-order valence-electron chi connectivity index (χ3n) is 5.58. The van der Waals surface area contributed by atoms with E-state index in [4.69, 9.17) is 0 Å². The van der Waals surface area contributed by atoms with Gasteiger partial charge < -0.3 is 16.0 Å². The highest BCUT2D eigenvalue weighted by atomic mass is 16.6. The van der Waals surface area contributed by atoms with E-state index in [0.717, 1.165) is 29.3 Å². The Morgan fingerprint density at radius 3 is 2.35 bits per heavy atom. The second-order valence-electron chi connectivity index (χ2n) is 9.47. The van der Waals surface area contributed by atoms with E-state index in [-0.39, 0.29) is 34.4 Å². The first-order chi connectivity index (χ1) is 14.6. The van der Waals surface area contributed by atoms with Gasteiger partial charge in [0.15, 0.2) is 0 Å². The standard InChI is InChI=1S/C23H28N6O2/c1-22(2)12-16(13-23(3,4)28-22)26-20-19(29(30)31)21(25-14-24-20)27-18-11-7-9-15-8-5-6-10-17(15)18/h5-11,14,16,28H,12-13H2,1-4H3,(H2,24,25,26,27). The Morgan fingerprint density at radius 1 is 1.00 bits per heavy atom. The van der Waals surface area contributed by atoms with Crippen LogP contribution in [0.1, 0.15) is 40.5 Å². The molecule has 1 fully saturated rings. The summed E-state index contributed by atoms with van der Waals surface area (Å²) in [6, 6.07) is 13.7. The first-order valence-electron chi connectivity index (χ1n) is 10.4. The number of rotatable bonds is 5. The molecular formula is C23H28N6O2. The summed E-state index contributed by atoms with van der Waals surface area (Å²) in [6.45, 7) is 8.57. The first-order valence-corrected chi connectivity index (χ1v) is 10.4. The van der Waals surface area contributed by atoms with Gasteiger partial charge in [0, 0.05) is 28.2 Å². The van der Waals surface area contributed by atoms with E-state index in [1.807, 2.05) is 42.5 Å². The molecule has 3 aromatic rings. The molecule has 0 aliphatic carbocycles. The van der Waals surface area contributed by atoms with Crippen molar-refractivity contribution < 1.29 is 4.92 Å². The van der Waals surface area contributed by atoms with Crippen LogP contribution < -0.4 is 16.0 Å². The summed E-state index contributed by atoms with van der Waals surface area (Å²) < 4.78 is 0. The SMILES string of the molecule is CC1(C)CC(Nc2ncnc(Nc3cccc4ccccc34)c2[N+](=O)[O-])CC(C)(C)N1. The van der Waals surface area contributed by atoms with Crippen LogP contribution in [0.5, 0.6) is 0 Å². The van der Waals surface area contributed by atoms with E-state index in [0.29, 0.717) is 0 Å². The van der Waals surface area contributed by atoms with Gasteiger partial charge in [0.05, 0.1) is 4.92 Å². The summed E-state index contributed by atoms with van der Waals surface area (Å²) >= 11 is 0. The fourth-order valence-electron chi connectivity index (χ4n) is 4.83. The summed E-state index contributed by atoms with van der Waals surface area (Å²) in [5, 5.41) is 24.2. The normalized spacial score (nSPS) is 17.9. The third-order valence-corrected chi connectivity index (χ3v) is 5.58. The maximum atomic E-state index is 12.0. The van der Waals surface area contributed by atoms with Crippen molar-refractivity contribution in [2.24, 2.45) is 0 Å². The number of piperidine rings is 1. The van der Waals surface area contributed by atoms with Gasteiger partial charge in [0.25, 0.3) is 0 Å². The highest BCUT2D eigenvalue weighted by Gasteiger charge is 2.38. The lowest BCUT2D eigenvalue weighted by molar-refractivity contribution is -0.383. The number of nitrogens with one attached hydrogen (secondary N) is 3. The molecule has 0 unspecified atom stereocenters. The molecule has 2 aromatic carbocycles. The molecule has 3 N–H and O–H groups in total. The van der Waals surface area contributed by atoms with E-state index in [1.54, 1.807) is 0 Å². The Balaban J connectivity index is 1.68. The van der Waals surface area contributed by atoms with E-state index in [1.165, 1.54) is 6.33 Å². The Labute approximate surface area is 181 Å². The summed E-state index contributed by atoms with van der Waals surface area (Å²) in [5.74, 6) is 0.410. The fourth-order valence-corrected chi connectivity index (χ4v) is 4.83. The van der Waals surface area contributed by atoms with Gasteiger partial charge in [-0.05, 0) is 52.0 Å². The lowest BCUT2D eigenvalue weighted by atomic mass is 9.79. The topological polar surface area (TPSA) is 105 Å². The molecule has 0 atom stereocenters. The number of aromatic nitrogens is 2. The van der Waals surface area contributed by atoms with Crippen molar-refractivity contribution in [3.8, 4) is 0 Å². The second-order valence-corrected chi connectivity index (χ2v) is 9.47. The molecule has 8 nitrogen and oxygen atoms in total. The molecule has 0 bridgehead atoms. The summed E-state index contributed by atoms with van der Waals surface area (Å²) in [4.78, 5) is 20.0. The minimum atomic E-state index is -0.423. The Bertz CT molecular complexity index is 1110. The molecule has 0 spiro atoms. The number of nitro groups is 1. The minimum Gasteiger partial charge on any atom is -0.361 e. The summed E-state index contributed by atoms with van der Waals surface area (Å²) in [7, 11) is 0. The molecule has 4 rings (SSSR count). The number of nitrogens with zero attached hydrogens (tertiary/aromatic N) is 3. The average Bonchev–Trinajstić information content (AvgIpc) is 2.65. The van der Waals surface area contributed by atoms with Crippen LogP contribution in [0.15, 0.2) is 48.8 Å². The van der Waals surface area contributed by atoms with Gasteiger partial charge in [-0.25, -0.2) is 9.97 Å². The van der Waals surface area contributed by atoms with Crippen molar-refractivity contribution in [2.75, 3.05) is 10.6 Å². The molecule has 0 saturated carbocycles. The van der Waals surface area contributed by atoms with Gasteiger partial charge in [-0.1, -0.05) is 36.4 Å². The van der Waals surface area contributed by atoms with Crippen molar-refractivity contribution in [2.45, 2.75) is 57.7 Å². The number of benzene rings is 2. The van der Waals surface area contributed by atoms with Crippen LogP contribution in [0.3, 0.4) is 0 Å². The smallest absolute Gasteiger partial charge is 0.353 e. The van der Waals surface area contributed by atoms with Crippen LogP contribution in [0.25, 0.3) is 10.8 Å². The second kappa shape index (κ2) is 7.77. The molecule has 2 heterocycles. The highest BCUT2D eigenvalue weighted by molar-refractivity contribution is 5.96. The number of hydrogen-bond donors (Lipinski definition) is 3. The number of anilines is 3. The van der Waals surface area contributed by atoms with Gasteiger partial charge in [0.2, 0.25) is 11.6 Å². The van der Waals surface area contributed by atoms with Crippen LogP contribution >= 0.6 is 0 Å². The fraction of sp³-hybridized carbons (Fsp3) is 0.391. The molecule has 8 heteroatoms. The van der Waals surface area contributed by atoms with Crippen molar-refractivity contribution in [1.82, 2.24) is 15.3 Å². The number of fused-ring (bicyclic) bond motifs is 1. The molecule has 0 radical (unpaired) electrons. The summed E-state index contributed by atoms with van der Waals surface area (Å²) in [5.41, 5.74) is 0.427. The van der Waals surface area contributed by atoms with Crippen molar-refractivity contribution in [3.05, 3.63) is 58.9 Å². The van der Waals surface area contributed by atoms with Crippen LogP contribution in [0, 0.1) is 10.1 Å². The molecular weight excluding hydrogens is 392 g/mol. The Kier molecular flexibility index (Phi) is 5.26. The lowest BCUT2D eigenvalue weighted by Gasteiger charge is -2.46. The molecule has 1 saturated heterocycles.